The number of aliphatic imine (C=N–C) groups is 1. The van der Waals surface area contributed by atoms with Crippen LogP contribution in [0, 0.1) is 17.2 Å². The lowest BCUT2D eigenvalue weighted by atomic mass is 9.72. The van der Waals surface area contributed by atoms with Crippen LogP contribution in [-0.4, -0.2) is 111 Å². The van der Waals surface area contributed by atoms with Gasteiger partial charge in [0.25, 0.3) is 11.7 Å². The molecule has 2 saturated heterocycles. The number of benzene rings is 2. The van der Waals surface area contributed by atoms with E-state index in [4.69, 9.17) is 14.2 Å². The fourth-order valence-corrected chi connectivity index (χ4v) is 6.29. The third kappa shape index (κ3) is 5.55. The highest BCUT2D eigenvalue weighted by molar-refractivity contribution is 6.04. The summed E-state index contributed by atoms with van der Waals surface area (Å²) in [6.07, 6.45) is -8.36. The molecule has 1 saturated carbocycles. The van der Waals surface area contributed by atoms with Crippen molar-refractivity contribution in [1.82, 2.24) is 4.90 Å². The first-order chi connectivity index (χ1) is 20.4. The summed E-state index contributed by atoms with van der Waals surface area (Å²) in [5, 5.41) is 55.9. The number of ketones is 1. The van der Waals surface area contributed by atoms with E-state index in [1.807, 2.05) is 0 Å². The molecule has 228 valence electrons. The molecule has 0 spiro atoms. The van der Waals surface area contributed by atoms with E-state index in [-0.39, 0.29) is 24.5 Å². The van der Waals surface area contributed by atoms with E-state index in [9.17, 15) is 35.3 Å². The number of hydrogen-bond donors (Lipinski definition) is 4. The smallest absolute Gasteiger partial charge is 0.276 e. The summed E-state index contributed by atoms with van der Waals surface area (Å²) in [4.78, 5) is 31.7. The summed E-state index contributed by atoms with van der Waals surface area (Å²) in [5.41, 5.74) is -1.61. The number of aliphatic hydroxyl groups excluding tert-OH is 2. The number of amides is 1. The number of fused-ring (bicyclic) bond motifs is 2. The van der Waals surface area contributed by atoms with Gasteiger partial charge in [-0.3, -0.25) is 14.5 Å². The number of ether oxygens (including phenoxy) is 3. The molecular formula is C31H35N3O9. The maximum absolute atomic E-state index is 13.2. The van der Waals surface area contributed by atoms with Crippen molar-refractivity contribution in [3.8, 4) is 6.07 Å². The third-order valence-electron chi connectivity index (χ3n) is 8.49. The minimum absolute atomic E-state index is 0.107. The third-order valence-corrected chi connectivity index (χ3v) is 8.49. The Hall–Kier alpha value is -3.38. The molecule has 12 heteroatoms. The molecule has 0 aromatic heterocycles. The minimum atomic E-state index is -2.68. The Bertz CT molecular complexity index is 1420. The number of carbonyl (C=O) groups excluding carboxylic acids is 2. The first-order valence-electron chi connectivity index (χ1n) is 14.0. The zero-order valence-corrected chi connectivity index (χ0v) is 24.0. The van der Waals surface area contributed by atoms with Crippen LogP contribution in [-0.2, 0) is 14.2 Å². The fourth-order valence-electron chi connectivity index (χ4n) is 6.29. The van der Waals surface area contributed by atoms with Gasteiger partial charge in [0.05, 0.1) is 36.8 Å². The first-order valence-corrected chi connectivity index (χ1v) is 14.0. The molecule has 2 aromatic rings. The Morgan fingerprint density at radius 1 is 1.00 bits per heavy atom. The molecule has 3 aliphatic rings. The Balaban J connectivity index is 1.53. The van der Waals surface area contributed by atoms with Crippen LogP contribution in [0.4, 0.5) is 0 Å². The molecule has 43 heavy (non-hydrogen) atoms. The van der Waals surface area contributed by atoms with E-state index in [1.54, 1.807) is 80.7 Å². The lowest BCUT2D eigenvalue weighted by Gasteiger charge is -2.59. The summed E-state index contributed by atoms with van der Waals surface area (Å²) < 4.78 is 17.8. The largest absolute Gasteiger partial charge is 0.391 e. The molecule has 2 heterocycles. The molecule has 10 atom stereocenters. The van der Waals surface area contributed by atoms with E-state index < -0.39 is 66.1 Å². The number of hydrogen-bond acceptors (Lipinski definition) is 11. The molecule has 5 rings (SSSR count). The van der Waals surface area contributed by atoms with Crippen LogP contribution >= 0.6 is 0 Å². The number of aliphatic hydroxyl groups is 4. The van der Waals surface area contributed by atoms with Crippen LogP contribution in [0.1, 0.15) is 41.0 Å². The summed E-state index contributed by atoms with van der Waals surface area (Å²) in [7, 11) is 1.55. The predicted octanol–water partition coefficient (Wildman–Crippen LogP) is 0.685. The molecule has 2 aliphatic heterocycles. The van der Waals surface area contributed by atoms with E-state index in [1.165, 1.54) is 11.8 Å². The Morgan fingerprint density at radius 2 is 1.60 bits per heavy atom. The molecule has 4 N–H and O–H groups in total. The minimum Gasteiger partial charge on any atom is -0.391 e. The summed E-state index contributed by atoms with van der Waals surface area (Å²) in [6, 6.07) is 17.4. The standard InChI is InChI=1S/C31H35N3O9/c1-17-14-30(39,16-32)31(40)29(41-17)42-27-25(37)22(18(2)33-28(38)20-12-8-5-9-13-20)24(36)23(26(27)43-31)34(3)15-21(35)19-10-6-4-7-11-19/h4-13,17,22-27,29,36-37,39-40H,14-15H2,1-3H3/b33-18-/t17-,22-,23+,24?,25+,26?,27?,29?,30-,31-/m1/s1. The number of nitriles is 1. The normalized spacial score (nSPS) is 37.6. The number of rotatable bonds is 6. The van der Waals surface area contributed by atoms with Crippen molar-refractivity contribution < 1.29 is 44.2 Å². The van der Waals surface area contributed by atoms with Gasteiger partial charge in [0, 0.05) is 23.3 Å². The van der Waals surface area contributed by atoms with Crippen LogP contribution in [0.15, 0.2) is 65.7 Å². The maximum Gasteiger partial charge on any atom is 0.276 e. The van der Waals surface area contributed by atoms with Gasteiger partial charge < -0.3 is 34.6 Å². The van der Waals surface area contributed by atoms with Gasteiger partial charge in [-0.2, -0.15) is 5.26 Å². The lowest BCUT2D eigenvalue weighted by molar-refractivity contribution is -0.477. The monoisotopic (exact) mass is 593 g/mol. The Kier molecular flexibility index (Phi) is 8.63. The van der Waals surface area contributed by atoms with Crippen molar-refractivity contribution in [3.63, 3.8) is 0 Å². The quantitative estimate of drug-likeness (QED) is 0.210. The van der Waals surface area contributed by atoms with E-state index in [0.29, 0.717) is 11.1 Å². The molecule has 3 fully saturated rings. The van der Waals surface area contributed by atoms with Crippen molar-refractivity contribution in [1.29, 1.82) is 5.26 Å². The second kappa shape index (κ2) is 12.0. The summed E-state index contributed by atoms with van der Waals surface area (Å²) in [6.45, 7) is 2.87. The van der Waals surface area contributed by atoms with Gasteiger partial charge in [-0.15, -0.1) is 0 Å². The van der Waals surface area contributed by atoms with Crippen molar-refractivity contribution in [3.05, 3.63) is 71.8 Å². The highest BCUT2D eigenvalue weighted by Gasteiger charge is 2.69. The summed E-state index contributed by atoms with van der Waals surface area (Å²) >= 11 is 0. The number of Topliss-reactive ketones (excluding diaryl/α,β-unsaturated/α-hetero) is 1. The molecule has 0 bridgehead atoms. The first kappa shape index (κ1) is 31.1. The number of nitrogens with zero attached hydrogens (tertiary/aromatic N) is 3. The van der Waals surface area contributed by atoms with E-state index in [0.717, 1.165) is 0 Å². The van der Waals surface area contributed by atoms with E-state index >= 15 is 0 Å². The number of likely N-dealkylation sites (N-methyl/N-ethyl adjacent to an activating group) is 1. The van der Waals surface area contributed by atoms with Crippen LogP contribution in [0.2, 0.25) is 0 Å². The predicted molar refractivity (Wildman–Crippen MR) is 151 cm³/mol. The average Bonchev–Trinajstić information content (AvgIpc) is 2.98. The molecule has 4 unspecified atom stereocenters. The van der Waals surface area contributed by atoms with Crippen LogP contribution in [0.3, 0.4) is 0 Å². The zero-order valence-electron chi connectivity index (χ0n) is 24.0. The molecule has 1 aliphatic carbocycles. The van der Waals surface area contributed by atoms with Gasteiger partial charge in [-0.05, 0) is 33.0 Å². The average molecular weight is 594 g/mol. The van der Waals surface area contributed by atoms with Crippen LogP contribution in [0.25, 0.3) is 0 Å². The van der Waals surface area contributed by atoms with Crippen LogP contribution in [0.5, 0.6) is 0 Å². The highest BCUT2D eigenvalue weighted by Crippen LogP contribution is 2.47. The molecule has 0 radical (unpaired) electrons. The maximum atomic E-state index is 13.2. The van der Waals surface area contributed by atoms with Gasteiger partial charge in [-0.1, -0.05) is 48.5 Å². The molecule has 1 amide bonds. The highest BCUT2D eigenvalue weighted by atomic mass is 16.8. The fraction of sp³-hybridized carbons (Fsp3) is 0.484. The van der Waals surface area contributed by atoms with Gasteiger partial charge in [0.15, 0.2) is 5.78 Å². The van der Waals surface area contributed by atoms with Crippen LogP contribution < -0.4 is 0 Å². The van der Waals surface area contributed by atoms with Gasteiger partial charge in [-0.25, -0.2) is 4.99 Å². The SMILES string of the molecule is C/C(=N/C(=O)c1ccccc1)[C@@H]1C(O)[C@H](N(C)CC(=O)c2ccccc2)C2O[C@]3(O)C(OC2[C@H]1O)O[C@H](C)C[C@@]3(O)C#N. The summed E-state index contributed by atoms with van der Waals surface area (Å²) in [5.74, 6) is -4.71. The zero-order chi connectivity index (χ0) is 31.1. The second-order valence-electron chi connectivity index (χ2n) is 11.5. The molecule has 2 aromatic carbocycles. The second-order valence-corrected chi connectivity index (χ2v) is 11.5. The Morgan fingerprint density at radius 3 is 2.21 bits per heavy atom. The van der Waals surface area contributed by atoms with Crippen molar-refractivity contribution >= 4 is 17.4 Å². The molecular weight excluding hydrogens is 558 g/mol. The topological polar surface area (TPSA) is 182 Å². The lowest BCUT2D eigenvalue weighted by Crippen LogP contribution is -2.79. The van der Waals surface area contributed by atoms with Crippen molar-refractivity contribution in [2.45, 2.75) is 74.5 Å². The Labute approximate surface area is 248 Å². The number of carbonyl (C=O) groups is 2. The molecule has 12 nitrogen and oxygen atoms in total. The van der Waals surface area contributed by atoms with Gasteiger partial charge in [0.2, 0.25) is 11.9 Å². The van der Waals surface area contributed by atoms with Gasteiger partial charge in [0.1, 0.15) is 18.3 Å². The van der Waals surface area contributed by atoms with Crippen molar-refractivity contribution in [2.75, 3.05) is 13.6 Å². The van der Waals surface area contributed by atoms with E-state index in [2.05, 4.69) is 4.99 Å². The van der Waals surface area contributed by atoms with Gasteiger partial charge >= 0.3 is 0 Å². The van der Waals surface area contributed by atoms with Crippen molar-refractivity contribution in [2.24, 2.45) is 10.9 Å².